The molecule has 0 radical (unpaired) electrons. The van der Waals surface area contributed by atoms with E-state index in [4.69, 9.17) is 0 Å². The van der Waals surface area contributed by atoms with E-state index in [2.05, 4.69) is 5.32 Å². The smallest absolute Gasteiger partial charge is 0.139 e. The van der Waals surface area contributed by atoms with Gasteiger partial charge in [0.05, 0.1) is 15.7 Å². The van der Waals surface area contributed by atoms with Crippen molar-refractivity contribution in [2.24, 2.45) is 0 Å². The highest BCUT2D eigenvalue weighted by molar-refractivity contribution is 7.85. The molecule has 1 aliphatic rings. The molecule has 82 valence electrons. The second-order valence-corrected chi connectivity index (χ2v) is 4.83. The first-order chi connectivity index (χ1) is 7.15. The molecule has 2 atom stereocenters. The van der Waals surface area contributed by atoms with Crippen LogP contribution in [0.25, 0.3) is 0 Å². The van der Waals surface area contributed by atoms with Gasteiger partial charge in [-0.25, -0.2) is 8.78 Å². The summed E-state index contributed by atoms with van der Waals surface area (Å²) in [6.45, 7) is 2.51. The van der Waals surface area contributed by atoms with Gasteiger partial charge in [-0.15, -0.1) is 0 Å². The van der Waals surface area contributed by atoms with Crippen molar-refractivity contribution in [1.29, 1.82) is 0 Å². The number of fused-ring (bicyclic) bond motifs is 1. The number of nitrogens with one attached hydrogen (secondary N) is 1. The Morgan fingerprint density at radius 1 is 1.47 bits per heavy atom. The molecule has 0 aromatic heterocycles. The summed E-state index contributed by atoms with van der Waals surface area (Å²) in [7, 11) is -1.43. The van der Waals surface area contributed by atoms with Crippen molar-refractivity contribution in [3.63, 3.8) is 0 Å². The number of hydrogen-bond donors (Lipinski definition) is 1. The second kappa shape index (κ2) is 3.98. The topological polar surface area (TPSA) is 29.1 Å². The average molecular weight is 231 g/mol. The Balaban J connectivity index is 2.54. The molecular formula is C10H11F2NOS. The van der Waals surface area contributed by atoms with Gasteiger partial charge in [-0.2, -0.15) is 0 Å². The Morgan fingerprint density at radius 3 is 2.80 bits per heavy atom. The maximum atomic E-state index is 13.5. The van der Waals surface area contributed by atoms with Crippen LogP contribution in [0.2, 0.25) is 0 Å². The zero-order valence-electron chi connectivity index (χ0n) is 8.22. The van der Waals surface area contributed by atoms with Gasteiger partial charge in [0.1, 0.15) is 11.6 Å². The van der Waals surface area contributed by atoms with E-state index in [1.165, 1.54) is 0 Å². The molecule has 1 N–H and O–H groups in total. The molecule has 0 spiro atoms. The maximum absolute atomic E-state index is 13.5. The van der Waals surface area contributed by atoms with E-state index in [9.17, 15) is 13.0 Å². The van der Waals surface area contributed by atoms with Crippen molar-refractivity contribution >= 4 is 10.8 Å². The maximum Gasteiger partial charge on any atom is 0.139 e. The van der Waals surface area contributed by atoms with E-state index in [1.54, 1.807) is 0 Å². The van der Waals surface area contributed by atoms with Gasteiger partial charge in [0, 0.05) is 17.4 Å². The highest BCUT2D eigenvalue weighted by Gasteiger charge is 2.33. The lowest BCUT2D eigenvalue weighted by Crippen LogP contribution is -2.22. The molecule has 5 heteroatoms. The lowest BCUT2D eigenvalue weighted by molar-refractivity contribution is 0.523. The number of halogens is 2. The Morgan fingerprint density at radius 2 is 2.13 bits per heavy atom. The highest BCUT2D eigenvalue weighted by atomic mass is 32.2. The predicted octanol–water partition coefficient (Wildman–Crippen LogP) is 1.74. The van der Waals surface area contributed by atoms with Gasteiger partial charge in [-0.1, -0.05) is 6.92 Å². The fraction of sp³-hybridized carbons (Fsp3) is 0.400. The fourth-order valence-corrected chi connectivity index (χ4v) is 3.35. The molecule has 2 unspecified atom stereocenters. The SMILES string of the molecule is CCNC1CS(=O)c2c(F)ccc(F)c21. The third kappa shape index (κ3) is 1.70. The van der Waals surface area contributed by atoms with Gasteiger partial charge >= 0.3 is 0 Å². The fourth-order valence-electron chi connectivity index (χ4n) is 1.83. The third-order valence-electron chi connectivity index (χ3n) is 2.44. The van der Waals surface area contributed by atoms with Gasteiger partial charge in [0.2, 0.25) is 0 Å². The molecule has 0 saturated carbocycles. The first-order valence-electron chi connectivity index (χ1n) is 4.74. The van der Waals surface area contributed by atoms with Crippen LogP contribution < -0.4 is 5.32 Å². The normalized spacial score (nSPS) is 24.2. The Bertz CT molecular complexity index is 422. The lowest BCUT2D eigenvalue weighted by atomic mass is 10.1. The summed E-state index contributed by atoms with van der Waals surface area (Å²) in [6.07, 6.45) is 0. The molecule has 0 amide bonds. The highest BCUT2D eigenvalue weighted by Crippen LogP contribution is 2.34. The van der Waals surface area contributed by atoms with Gasteiger partial charge < -0.3 is 5.32 Å². The molecule has 1 aromatic carbocycles. The van der Waals surface area contributed by atoms with Crippen LogP contribution >= 0.6 is 0 Å². The molecule has 15 heavy (non-hydrogen) atoms. The van der Waals surface area contributed by atoms with Gasteiger partial charge in [0.25, 0.3) is 0 Å². The number of hydrogen-bond acceptors (Lipinski definition) is 2. The quantitative estimate of drug-likeness (QED) is 0.840. The minimum absolute atomic E-state index is 0.0287. The first-order valence-corrected chi connectivity index (χ1v) is 6.06. The summed E-state index contributed by atoms with van der Waals surface area (Å²) in [5.41, 5.74) is 0.232. The molecule has 0 bridgehead atoms. The van der Waals surface area contributed by atoms with Crippen molar-refractivity contribution in [3.05, 3.63) is 29.3 Å². The lowest BCUT2D eigenvalue weighted by Gasteiger charge is -2.11. The largest absolute Gasteiger partial charge is 0.309 e. The summed E-state index contributed by atoms with van der Waals surface area (Å²) in [5.74, 6) is -0.811. The molecule has 2 rings (SSSR count). The summed E-state index contributed by atoms with van der Waals surface area (Å²) >= 11 is 0. The zero-order valence-corrected chi connectivity index (χ0v) is 9.04. The van der Waals surface area contributed by atoms with Crippen LogP contribution in [0.1, 0.15) is 18.5 Å². The molecule has 1 heterocycles. The van der Waals surface area contributed by atoms with E-state index in [0.717, 1.165) is 12.1 Å². The summed E-state index contributed by atoms with van der Waals surface area (Å²) in [6, 6.07) is 1.78. The zero-order chi connectivity index (χ0) is 11.0. The van der Waals surface area contributed by atoms with Crippen LogP contribution in [0.5, 0.6) is 0 Å². The van der Waals surface area contributed by atoms with Crippen molar-refractivity contribution in [3.8, 4) is 0 Å². The minimum atomic E-state index is -1.43. The molecule has 1 aromatic rings. The van der Waals surface area contributed by atoms with Crippen LogP contribution in [0.3, 0.4) is 0 Å². The van der Waals surface area contributed by atoms with Crippen molar-refractivity contribution in [2.45, 2.75) is 17.9 Å². The van der Waals surface area contributed by atoms with Gasteiger partial charge in [-0.3, -0.25) is 4.21 Å². The van der Waals surface area contributed by atoms with E-state index in [0.29, 0.717) is 6.54 Å². The summed E-state index contributed by atoms with van der Waals surface area (Å²) < 4.78 is 38.4. The summed E-state index contributed by atoms with van der Waals surface area (Å²) in [4.78, 5) is 0.0287. The Hall–Kier alpha value is -0.810. The molecule has 0 aliphatic carbocycles. The first kappa shape index (κ1) is 10.7. The van der Waals surface area contributed by atoms with E-state index in [-0.39, 0.29) is 22.3 Å². The predicted molar refractivity (Wildman–Crippen MR) is 54.1 cm³/mol. The molecular weight excluding hydrogens is 220 g/mol. The van der Waals surface area contributed by atoms with Crippen molar-refractivity contribution in [2.75, 3.05) is 12.3 Å². The van der Waals surface area contributed by atoms with E-state index < -0.39 is 22.4 Å². The minimum Gasteiger partial charge on any atom is -0.309 e. The van der Waals surface area contributed by atoms with Crippen LogP contribution in [-0.4, -0.2) is 16.5 Å². The Labute approximate surface area is 89.1 Å². The average Bonchev–Trinajstić information content (AvgIpc) is 2.51. The van der Waals surface area contributed by atoms with Crippen molar-refractivity contribution < 1.29 is 13.0 Å². The Kier molecular flexibility index (Phi) is 2.84. The molecule has 2 nitrogen and oxygen atoms in total. The van der Waals surface area contributed by atoms with Crippen LogP contribution in [0, 0.1) is 11.6 Å². The van der Waals surface area contributed by atoms with Crippen LogP contribution in [-0.2, 0) is 10.8 Å². The van der Waals surface area contributed by atoms with E-state index in [1.807, 2.05) is 6.92 Å². The van der Waals surface area contributed by atoms with Gasteiger partial charge in [-0.05, 0) is 18.7 Å². The van der Waals surface area contributed by atoms with Crippen molar-refractivity contribution in [1.82, 2.24) is 5.32 Å². The van der Waals surface area contributed by atoms with E-state index >= 15 is 0 Å². The number of benzene rings is 1. The monoisotopic (exact) mass is 231 g/mol. The van der Waals surface area contributed by atoms with Gasteiger partial charge in [0.15, 0.2) is 0 Å². The summed E-state index contributed by atoms with van der Waals surface area (Å²) in [5, 5.41) is 3.00. The molecule has 1 aliphatic heterocycles. The van der Waals surface area contributed by atoms with Crippen LogP contribution in [0.4, 0.5) is 8.78 Å². The second-order valence-electron chi connectivity index (χ2n) is 3.39. The van der Waals surface area contributed by atoms with Crippen LogP contribution in [0.15, 0.2) is 17.0 Å². The molecule has 0 fully saturated rings. The molecule has 0 saturated heterocycles. The third-order valence-corrected chi connectivity index (χ3v) is 3.95. The number of rotatable bonds is 2. The standard InChI is InChI=1S/C10H11F2NOS/c1-2-13-8-5-15(14)10-7(12)4-3-6(11)9(8)10/h3-4,8,13H,2,5H2,1H3.